The van der Waals surface area contributed by atoms with E-state index in [1.165, 1.54) is 6.92 Å². The summed E-state index contributed by atoms with van der Waals surface area (Å²) in [6.45, 7) is 6.52. The van der Waals surface area contributed by atoms with Crippen LogP contribution in [0.3, 0.4) is 0 Å². The van der Waals surface area contributed by atoms with Crippen molar-refractivity contribution in [3.05, 3.63) is 0 Å². The van der Waals surface area contributed by atoms with Crippen LogP contribution < -0.4 is 0 Å². The maximum absolute atomic E-state index is 14.1. The Labute approximate surface area is 145 Å². The summed E-state index contributed by atoms with van der Waals surface area (Å²) in [7, 11) is 0. The number of fused-ring (bicyclic) bond motifs is 1. The molecule has 2 aliphatic heterocycles. The minimum atomic E-state index is -2.17. The SMILES string of the molecule is CCOC(=O)OC(C)OC(=O)[C@@H]1N2C(=O)[C@](F)(Br)[C@H]2SC1(C)C. The highest BCUT2D eigenvalue weighted by molar-refractivity contribution is 9.10. The number of β-lactam (4-membered cyclic amide) rings is 1. The molecule has 130 valence electrons. The minimum Gasteiger partial charge on any atom is -0.435 e. The van der Waals surface area contributed by atoms with Gasteiger partial charge >= 0.3 is 12.1 Å². The Kier molecular flexibility index (Phi) is 4.87. The highest BCUT2D eigenvalue weighted by atomic mass is 79.9. The number of ether oxygens (including phenoxy) is 3. The van der Waals surface area contributed by atoms with Crippen LogP contribution in [0.4, 0.5) is 9.18 Å². The number of hydrogen-bond acceptors (Lipinski definition) is 7. The standard InChI is InChI=1S/C13H17BrFNO6S/c1-5-20-11(19)22-6(2)21-8(17)7-12(3,4)23-10-13(14,15)9(18)16(7)10/h6-7,10H,5H2,1-4H3/t6?,7-,10+,13+/m0/s1. The lowest BCUT2D eigenvalue weighted by Crippen LogP contribution is -2.69. The molecule has 10 heteroatoms. The highest BCUT2D eigenvalue weighted by Crippen LogP contribution is 2.58. The van der Waals surface area contributed by atoms with Crippen LogP contribution >= 0.6 is 27.7 Å². The number of rotatable bonds is 4. The molecule has 2 aliphatic rings. The largest absolute Gasteiger partial charge is 0.511 e. The maximum Gasteiger partial charge on any atom is 0.511 e. The quantitative estimate of drug-likeness (QED) is 0.302. The first-order valence-corrected chi connectivity index (χ1v) is 8.62. The van der Waals surface area contributed by atoms with E-state index < -0.39 is 45.1 Å². The molecule has 7 nitrogen and oxygen atoms in total. The summed E-state index contributed by atoms with van der Waals surface area (Å²) < 4.78 is 25.6. The molecular formula is C13H17BrFNO6S. The van der Waals surface area contributed by atoms with Crippen LogP contribution in [0.1, 0.15) is 27.7 Å². The predicted molar refractivity (Wildman–Crippen MR) is 82.5 cm³/mol. The lowest BCUT2D eigenvalue weighted by molar-refractivity contribution is -0.183. The summed E-state index contributed by atoms with van der Waals surface area (Å²) in [5, 5.41) is -0.802. The fourth-order valence-corrected chi connectivity index (χ4v) is 4.70. The fraction of sp³-hybridized carbons (Fsp3) is 0.769. The van der Waals surface area contributed by atoms with Crippen molar-refractivity contribution in [3.63, 3.8) is 0 Å². The van der Waals surface area contributed by atoms with Crippen molar-refractivity contribution in [2.24, 2.45) is 0 Å². The van der Waals surface area contributed by atoms with Crippen molar-refractivity contribution in [2.45, 2.75) is 54.7 Å². The number of carbonyl (C=O) groups is 3. The summed E-state index contributed by atoms with van der Waals surface area (Å²) in [4.78, 5) is 36.6. The summed E-state index contributed by atoms with van der Waals surface area (Å²) in [6, 6.07) is -0.973. The predicted octanol–water partition coefficient (Wildman–Crippen LogP) is 2.17. The van der Waals surface area contributed by atoms with E-state index in [4.69, 9.17) is 9.47 Å². The fourth-order valence-electron chi connectivity index (χ4n) is 2.50. The van der Waals surface area contributed by atoms with Gasteiger partial charge in [0.15, 0.2) is 0 Å². The lowest BCUT2D eigenvalue weighted by Gasteiger charge is -2.44. The van der Waals surface area contributed by atoms with Crippen LogP contribution in [-0.4, -0.2) is 56.6 Å². The Morgan fingerprint density at radius 2 is 2.04 bits per heavy atom. The molecule has 2 saturated heterocycles. The summed E-state index contributed by atoms with van der Waals surface area (Å²) >= 11 is 3.91. The second kappa shape index (κ2) is 6.12. The van der Waals surface area contributed by atoms with Gasteiger partial charge < -0.3 is 19.1 Å². The second-order valence-corrected chi connectivity index (χ2v) is 8.51. The molecule has 0 saturated carbocycles. The summed E-state index contributed by atoms with van der Waals surface area (Å²) in [5.41, 5.74) is 0. The van der Waals surface area contributed by atoms with Gasteiger partial charge in [0.25, 0.3) is 10.5 Å². The number of halogens is 2. The Bertz CT molecular complexity index is 543. The molecule has 1 unspecified atom stereocenters. The van der Waals surface area contributed by atoms with Crippen LogP contribution in [0.5, 0.6) is 0 Å². The second-order valence-electron chi connectivity index (χ2n) is 5.62. The third-order valence-electron chi connectivity index (χ3n) is 3.46. The zero-order valence-electron chi connectivity index (χ0n) is 13.0. The maximum atomic E-state index is 14.1. The number of alkyl halides is 2. The number of esters is 1. The van der Waals surface area contributed by atoms with Gasteiger partial charge in [0.1, 0.15) is 11.4 Å². The molecule has 2 fully saturated rings. The van der Waals surface area contributed by atoms with Crippen LogP contribution in [0, 0.1) is 0 Å². The first-order chi connectivity index (χ1) is 10.5. The van der Waals surface area contributed by atoms with E-state index in [1.54, 1.807) is 20.8 Å². The van der Waals surface area contributed by atoms with Gasteiger partial charge in [0.2, 0.25) is 6.29 Å². The van der Waals surface area contributed by atoms with E-state index in [2.05, 4.69) is 20.7 Å². The van der Waals surface area contributed by atoms with Crippen molar-refractivity contribution in [1.29, 1.82) is 0 Å². The van der Waals surface area contributed by atoms with Crippen LogP contribution in [0.25, 0.3) is 0 Å². The average Bonchev–Trinajstić information content (AvgIpc) is 2.68. The van der Waals surface area contributed by atoms with Crippen molar-refractivity contribution >= 4 is 45.7 Å². The van der Waals surface area contributed by atoms with Crippen molar-refractivity contribution in [1.82, 2.24) is 4.90 Å². The normalized spacial score (nSPS) is 32.6. The molecule has 4 atom stereocenters. The first-order valence-electron chi connectivity index (χ1n) is 6.94. The molecule has 1 amide bonds. The molecule has 0 N–H and O–H groups in total. The Balaban J connectivity index is 2.04. The number of amides is 1. The van der Waals surface area contributed by atoms with E-state index in [9.17, 15) is 18.8 Å². The van der Waals surface area contributed by atoms with Crippen molar-refractivity contribution < 1.29 is 33.0 Å². The third kappa shape index (κ3) is 3.15. The monoisotopic (exact) mass is 413 g/mol. The van der Waals surface area contributed by atoms with E-state index in [-0.39, 0.29) is 6.61 Å². The molecule has 2 rings (SSSR count). The van der Waals surface area contributed by atoms with E-state index in [0.717, 1.165) is 16.7 Å². The minimum absolute atomic E-state index is 0.125. The summed E-state index contributed by atoms with van der Waals surface area (Å²) in [5.74, 6) is -1.58. The zero-order chi connectivity index (χ0) is 17.6. The van der Waals surface area contributed by atoms with Gasteiger partial charge in [0.05, 0.1) is 6.61 Å². The zero-order valence-corrected chi connectivity index (χ0v) is 15.4. The topological polar surface area (TPSA) is 82.1 Å². The van der Waals surface area contributed by atoms with Gasteiger partial charge in [0, 0.05) is 11.7 Å². The molecule has 0 aliphatic carbocycles. The Morgan fingerprint density at radius 3 is 2.61 bits per heavy atom. The van der Waals surface area contributed by atoms with Gasteiger partial charge in [-0.3, -0.25) is 4.79 Å². The van der Waals surface area contributed by atoms with Gasteiger partial charge in [-0.15, -0.1) is 11.8 Å². The van der Waals surface area contributed by atoms with E-state index >= 15 is 0 Å². The van der Waals surface area contributed by atoms with Crippen LogP contribution in [-0.2, 0) is 23.8 Å². The molecule has 0 spiro atoms. The number of thioether (sulfide) groups is 1. The Morgan fingerprint density at radius 1 is 1.43 bits per heavy atom. The molecule has 0 radical (unpaired) electrons. The molecule has 0 aromatic heterocycles. The smallest absolute Gasteiger partial charge is 0.435 e. The van der Waals surface area contributed by atoms with Crippen molar-refractivity contribution in [3.8, 4) is 0 Å². The number of carbonyl (C=O) groups excluding carboxylic acids is 3. The van der Waals surface area contributed by atoms with Gasteiger partial charge in [-0.1, -0.05) is 0 Å². The van der Waals surface area contributed by atoms with Gasteiger partial charge in [-0.2, -0.15) is 0 Å². The molecule has 2 heterocycles. The number of nitrogens with zero attached hydrogens (tertiary/aromatic N) is 1. The number of hydrogen-bond donors (Lipinski definition) is 0. The van der Waals surface area contributed by atoms with Gasteiger partial charge in [-0.25, -0.2) is 14.0 Å². The van der Waals surface area contributed by atoms with Gasteiger partial charge in [-0.05, 0) is 36.7 Å². The highest BCUT2D eigenvalue weighted by Gasteiger charge is 2.72. The Hall–Kier alpha value is -1.03. The van der Waals surface area contributed by atoms with Crippen LogP contribution in [0.15, 0.2) is 0 Å². The molecule has 0 aromatic rings. The molecule has 23 heavy (non-hydrogen) atoms. The molecule has 0 bridgehead atoms. The van der Waals surface area contributed by atoms with E-state index in [1.807, 2.05) is 0 Å². The van der Waals surface area contributed by atoms with E-state index in [0.29, 0.717) is 0 Å². The molecule has 0 aromatic carbocycles. The molecular weight excluding hydrogens is 397 g/mol. The third-order valence-corrected chi connectivity index (χ3v) is 6.15. The first kappa shape index (κ1) is 18.3. The van der Waals surface area contributed by atoms with Crippen molar-refractivity contribution in [2.75, 3.05) is 6.61 Å². The summed E-state index contributed by atoms with van der Waals surface area (Å²) in [6.07, 6.45) is -2.15. The lowest BCUT2D eigenvalue weighted by atomic mass is 9.97. The average molecular weight is 414 g/mol. The van der Waals surface area contributed by atoms with Crippen LogP contribution in [0.2, 0.25) is 0 Å².